The summed E-state index contributed by atoms with van der Waals surface area (Å²) < 4.78 is 15.6. The maximum Gasteiger partial charge on any atom is 0.309 e. The number of piperazine rings is 1. The predicted molar refractivity (Wildman–Crippen MR) is 116 cm³/mol. The van der Waals surface area contributed by atoms with Crippen molar-refractivity contribution in [3.63, 3.8) is 0 Å². The first-order valence-corrected chi connectivity index (χ1v) is 10.3. The molecular weight excluding hydrogens is 400 g/mol. The summed E-state index contributed by atoms with van der Waals surface area (Å²) in [4.78, 5) is 28.9. The van der Waals surface area contributed by atoms with Crippen molar-refractivity contribution in [2.75, 3.05) is 58.4 Å². The van der Waals surface area contributed by atoms with Crippen LogP contribution in [-0.2, 0) is 19.1 Å². The highest BCUT2D eigenvalue weighted by molar-refractivity contribution is 6.35. The maximum absolute atomic E-state index is 12.3. The van der Waals surface area contributed by atoms with Crippen LogP contribution >= 0.6 is 0 Å². The Morgan fingerprint density at radius 3 is 2.16 bits per heavy atom. The zero-order valence-electron chi connectivity index (χ0n) is 18.0. The van der Waals surface area contributed by atoms with Crippen LogP contribution in [0, 0.1) is 0 Å². The van der Waals surface area contributed by atoms with E-state index >= 15 is 0 Å². The summed E-state index contributed by atoms with van der Waals surface area (Å²) in [6.45, 7) is 3.71. The topological polar surface area (TPSA) is 96.3 Å². The van der Waals surface area contributed by atoms with E-state index in [-0.39, 0.29) is 19.1 Å². The number of anilines is 1. The molecule has 31 heavy (non-hydrogen) atoms. The van der Waals surface area contributed by atoms with E-state index in [1.165, 1.54) is 19.9 Å². The predicted octanol–water partition coefficient (Wildman–Crippen LogP) is 0.994. The van der Waals surface area contributed by atoms with Crippen molar-refractivity contribution in [2.45, 2.75) is 12.3 Å². The lowest BCUT2D eigenvalue weighted by atomic mass is 10.1. The smallest absolute Gasteiger partial charge is 0.309 e. The lowest BCUT2D eigenvalue weighted by molar-refractivity contribution is -0.141. The van der Waals surface area contributed by atoms with Crippen molar-refractivity contribution < 1.29 is 23.5 Å². The Morgan fingerprint density at radius 1 is 0.935 bits per heavy atom. The van der Waals surface area contributed by atoms with Crippen LogP contribution in [0.4, 0.5) is 5.69 Å². The minimum Gasteiger partial charge on any atom is -0.468 e. The minimum absolute atomic E-state index is 0.0856. The number of para-hydroxylation sites is 1. The fourth-order valence-corrected chi connectivity index (χ4v) is 3.61. The molecule has 1 atom stereocenters. The van der Waals surface area contributed by atoms with Gasteiger partial charge in [-0.25, -0.2) is 0 Å². The van der Waals surface area contributed by atoms with E-state index in [1.807, 2.05) is 30.3 Å². The Labute approximate surface area is 182 Å². The summed E-state index contributed by atoms with van der Waals surface area (Å²) >= 11 is 0. The van der Waals surface area contributed by atoms with Crippen LogP contribution in [0.25, 0.3) is 0 Å². The Hall–Kier alpha value is -2.88. The van der Waals surface area contributed by atoms with E-state index < -0.39 is 18.1 Å². The summed E-state index contributed by atoms with van der Waals surface area (Å²) in [6.07, 6.45) is 1.01. The summed E-state index contributed by atoms with van der Waals surface area (Å²) in [5.41, 5.74) is 1.20. The average molecular weight is 431 g/mol. The molecule has 0 bridgehead atoms. The van der Waals surface area contributed by atoms with E-state index in [0.717, 1.165) is 31.9 Å². The van der Waals surface area contributed by atoms with Crippen molar-refractivity contribution >= 4 is 17.5 Å². The first-order chi connectivity index (χ1) is 15.1. The van der Waals surface area contributed by atoms with E-state index in [4.69, 9.17) is 13.9 Å². The Bertz CT molecular complexity index is 803. The number of benzene rings is 1. The molecule has 0 radical (unpaired) electrons. The second-order valence-electron chi connectivity index (χ2n) is 7.21. The first-order valence-electron chi connectivity index (χ1n) is 10.3. The van der Waals surface area contributed by atoms with Crippen LogP contribution in [0.1, 0.15) is 11.8 Å². The number of hydrogen-bond donors (Lipinski definition) is 2. The number of hydrogen-bond acceptors (Lipinski definition) is 7. The van der Waals surface area contributed by atoms with Crippen LogP contribution in [-0.4, -0.2) is 76.5 Å². The highest BCUT2D eigenvalue weighted by Crippen LogP contribution is 2.24. The molecule has 2 heterocycles. The van der Waals surface area contributed by atoms with Gasteiger partial charge in [0.2, 0.25) is 0 Å². The van der Waals surface area contributed by atoms with Crippen LogP contribution < -0.4 is 15.5 Å². The molecule has 2 aromatic rings. The molecule has 1 fully saturated rings. The van der Waals surface area contributed by atoms with Crippen molar-refractivity contribution in [1.82, 2.24) is 15.5 Å². The molecule has 1 aliphatic rings. The number of methoxy groups -OCH3 is 2. The highest BCUT2D eigenvalue weighted by atomic mass is 16.7. The van der Waals surface area contributed by atoms with Crippen LogP contribution in [0.5, 0.6) is 0 Å². The fraction of sp³-hybridized carbons (Fsp3) is 0.455. The number of carbonyl (C=O) groups excluding carboxylic acids is 2. The first kappa shape index (κ1) is 22.8. The molecule has 168 valence electrons. The van der Waals surface area contributed by atoms with Gasteiger partial charge in [0.25, 0.3) is 0 Å². The van der Waals surface area contributed by atoms with Gasteiger partial charge in [0.1, 0.15) is 5.76 Å². The minimum atomic E-state index is -0.730. The lowest BCUT2D eigenvalue weighted by Gasteiger charge is -2.39. The zero-order chi connectivity index (χ0) is 22.1. The third-order valence-corrected chi connectivity index (χ3v) is 5.37. The van der Waals surface area contributed by atoms with Gasteiger partial charge >= 0.3 is 11.8 Å². The molecule has 3 rings (SSSR count). The number of ether oxygens (including phenoxy) is 2. The van der Waals surface area contributed by atoms with Crippen molar-refractivity contribution in [2.24, 2.45) is 0 Å². The molecule has 2 amide bonds. The Balaban J connectivity index is 1.55. The van der Waals surface area contributed by atoms with E-state index in [1.54, 1.807) is 6.26 Å². The molecule has 0 saturated carbocycles. The van der Waals surface area contributed by atoms with Crippen molar-refractivity contribution in [3.05, 3.63) is 54.5 Å². The quantitative estimate of drug-likeness (QED) is 0.452. The number of carbonyl (C=O) groups is 2. The van der Waals surface area contributed by atoms with Gasteiger partial charge in [-0.15, -0.1) is 0 Å². The second-order valence-corrected chi connectivity index (χ2v) is 7.21. The zero-order valence-corrected chi connectivity index (χ0v) is 18.0. The van der Waals surface area contributed by atoms with Crippen LogP contribution in [0.15, 0.2) is 53.1 Å². The lowest BCUT2D eigenvalue weighted by Crippen LogP contribution is -2.51. The molecule has 0 spiro atoms. The molecule has 1 saturated heterocycles. The SMILES string of the molecule is COC(CNC(=O)C(=O)NCC(c1ccco1)N1CCN(c2ccccc2)CC1)OC. The monoisotopic (exact) mass is 430 g/mol. The molecule has 9 nitrogen and oxygen atoms in total. The molecule has 1 aromatic heterocycles. The molecule has 0 aliphatic carbocycles. The van der Waals surface area contributed by atoms with Crippen molar-refractivity contribution in [1.29, 1.82) is 0 Å². The Morgan fingerprint density at radius 2 is 1.58 bits per heavy atom. The fourth-order valence-electron chi connectivity index (χ4n) is 3.61. The second kappa shape index (κ2) is 11.5. The number of nitrogens with one attached hydrogen (secondary N) is 2. The number of rotatable bonds is 9. The highest BCUT2D eigenvalue weighted by Gasteiger charge is 2.28. The van der Waals surface area contributed by atoms with Gasteiger partial charge in [-0.05, 0) is 24.3 Å². The van der Waals surface area contributed by atoms with Gasteiger partial charge in [0.05, 0.1) is 18.8 Å². The van der Waals surface area contributed by atoms with E-state index in [9.17, 15) is 9.59 Å². The number of nitrogens with zero attached hydrogens (tertiary/aromatic N) is 2. The largest absolute Gasteiger partial charge is 0.468 e. The average Bonchev–Trinajstić information content (AvgIpc) is 3.35. The molecule has 1 unspecified atom stereocenters. The van der Waals surface area contributed by atoms with Gasteiger partial charge in [-0.2, -0.15) is 0 Å². The number of furan rings is 1. The van der Waals surface area contributed by atoms with Crippen LogP contribution in [0.3, 0.4) is 0 Å². The third kappa shape index (κ3) is 6.30. The van der Waals surface area contributed by atoms with E-state index in [2.05, 4.69) is 32.6 Å². The van der Waals surface area contributed by atoms with Crippen molar-refractivity contribution in [3.8, 4) is 0 Å². The van der Waals surface area contributed by atoms with Gasteiger partial charge < -0.3 is 29.4 Å². The molecule has 1 aromatic carbocycles. The molecule has 2 N–H and O–H groups in total. The van der Waals surface area contributed by atoms with E-state index in [0.29, 0.717) is 0 Å². The standard InChI is InChI=1S/C22H30N4O5/c1-29-20(30-2)16-24-22(28)21(27)23-15-18(19-9-6-14-31-19)26-12-10-25(11-13-26)17-7-4-3-5-8-17/h3-9,14,18,20H,10-13,15-16H2,1-2H3,(H,23,27)(H,24,28). The van der Waals surface area contributed by atoms with Gasteiger partial charge in [0.15, 0.2) is 6.29 Å². The molecule has 1 aliphatic heterocycles. The summed E-state index contributed by atoms with van der Waals surface area (Å²) in [5, 5.41) is 5.22. The van der Waals surface area contributed by atoms with Gasteiger partial charge in [-0.3, -0.25) is 14.5 Å². The van der Waals surface area contributed by atoms with Gasteiger partial charge in [0, 0.05) is 52.6 Å². The number of amides is 2. The third-order valence-electron chi connectivity index (χ3n) is 5.37. The summed E-state index contributed by atoms with van der Waals surface area (Å²) in [6, 6.07) is 13.9. The van der Waals surface area contributed by atoms with Gasteiger partial charge in [-0.1, -0.05) is 18.2 Å². The Kier molecular flexibility index (Phi) is 8.45. The maximum atomic E-state index is 12.3. The normalized spacial score (nSPS) is 15.6. The van der Waals surface area contributed by atoms with Crippen LogP contribution in [0.2, 0.25) is 0 Å². The molecule has 9 heteroatoms. The summed E-state index contributed by atoms with van der Waals surface area (Å²) in [5.74, 6) is -0.677. The summed E-state index contributed by atoms with van der Waals surface area (Å²) in [7, 11) is 2.93. The molecular formula is C22H30N4O5.